The maximum atomic E-state index is 13.3. The molecule has 1 fully saturated rings. The number of carbonyl (C=O) groups excluding carboxylic acids is 1. The van der Waals surface area contributed by atoms with Crippen molar-refractivity contribution in [1.29, 1.82) is 0 Å². The summed E-state index contributed by atoms with van der Waals surface area (Å²) in [5.41, 5.74) is 6.07. The van der Waals surface area contributed by atoms with Gasteiger partial charge in [-0.05, 0) is 81.6 Å². The molecule has 3 heterocycles. The Kier molecular flexibility index (Phi) is 6.53. The first-order chi connectivity index (χ1) is 17.4. The van der Waals surface area contributed by atoms with Gasteiger partial charge in [0.25, 0.3) is 0 Å². The summed E-state index contributed by atoms with van der Waals surface area (Å²) in [7, 11) is 5.62. The Hall–Kier alpha value is -3.65. The number of urea groups is 1. The van der Waals surface area contributed by atoms with E-state index in [4.69, 9.17) is 9.72 Å². The minimum atomic E-state index is -0.107. The molecule has 5 rings (SSSR count). The van der Waals surface area contributed by atoms with Gasteiger partial charge in [-0.3, -0.25) is 9.80 Å². The highest BCUT2D eigenvalue weighted by Crippen LogP contribution is 2.36. The van der Waals surface area contributed by atoms with Gasteiger partial charge in [-0.1, -0.05) is 24.3 Å². The van der Waals surface area contributed by atoms with Crippen LogP contribution >= 0.6 is 0 Å². The van der Waals surface area contributed by atoms with Crippen molar-refractivity contribution in [1.82, 2.24) is 14.9 Å². The zero-order valence-electron chi connectivity index (χ0n) is 21.7. The van der Waals surface area contributed by atoms with Crippen molar-refractivity contribution in [2.24, 2.45) is 0 Å². The van der Waals surface area contributed by atoms with E-state index in [0.717, 1.165) is 59.7 Å². The fraction of sp³-hybridized carbons (Fsp3) is 0.393. The van der Waals surface area contributed by atoms with Gasteiger partial charge in [-0.2, -0.15) is 4.98 Å². The van der Waals surface area contributed by atoms with Crippen molar-refractivity contribution in [3.05, 3.63) is 64.8 Å². The maximum absolute atomic E-state index is 13.3. The van der Waals surface area contributed by atoms with E-state index in [9.17, 15) is 4.79 Å². The third-order valence-corrected chi connectivity index (χ3v) is 7.38. The minimum Gasteiger partial charge on any atom is -0.495 e. The van der Waals surface area contributed by atoms with Crippen LogP contribution in [0.3, 0.4) is 0 Å². The number of aromatic nitrogens is 2. The lowest BCUT2D eigenvalue weighted by Gasteiger charge is -2.35. The molecular formula is C28H34N6O2. The number of hydrogen-bond acceptors (Lipinski definition) is 6. The lowest BCUT2D eigenvalue weighted by atomic mass is 9.89. The summed E-state index contributed by atoms with van der Waals surface area (Å²) in [6.07, 6.45) is 4.10. The van der Waals surface area contributed by atoms with Crippen LogP contribution in [0.25, 0.3) is 0 Å². The molecule has 0 saturated carbocycles. The molecule has 0 atom stereocenters. The normalized spacial score (nSPS) is 16.8. The second-order valence-corrected chi connectivity index (χ2v) is 9.87. The van der Waals surface area contributed by atoms with Crippen LogP contribution in [0.4, 0.5) is 27.9 Å². The van der Waals surface area contributed by atoms with E-state index in [1.165, 1.54) is 5.56 Å². The van der Waals surface area contributed by atoms with Crippen LogP contribution in [0, 0.1) is 13.8 Å². The molecule has 188 valence electrons. The number of ether oxygens (including phenoxy) is 1. The average molecular weight is 487 g/mol. The molecule has 0 radical (unpaired) electrons. The van der Waals surface area contributed by atoms with E-state index in [2.05, 4.69) is 34.4 Å². The standard InChI is InChI=1S/C28H34N6O2/c1-18-7-6-8-19(2)25(18)34-17-22-16-29-27(31-26(22)33(4)28(34)35)30-23-10-9-21(15-24(23)36-5)20-11-13-32(3)14-12-20/h6-10,15-16,20H,11-14,17H2,1-5H3,(H,29,30,31). The fourth-order valence-electron chi connectivity index (χ4n) is 5.30. The van der Waals surface area contributed by atoms with E-state index in [-0.39, 0.29) is 6.03 Å². The second kappa shape index (κ2) is 9.78. The van der Waals surface area contributed by atoms with Gasteiger partial charge < -0.3 is 15.0 Å². The number of anilines is 4. The molecule has 1 saturated heterocycles. The molecule has 8 nitrogen and oxygen atoms in total. The number of benzene rings is 2. The van der Waals surface area contributed by atoms with Crippen molar-refractivity contribution in [2.45, 2.75) is 39.2 Å². The van der Waals surface area contributed by atoms with E-state index in [1.807, 2.05) is 38.1 Å². The smallest absolute Gasteiger partial charge is 0.330 e. The highest BCUT2D eigenvalue weighted by Gasteiger charge is 2.32. The lowest BCUT2D eigenvalue weighted by molar-refractivity contribution is 0.251. The fourth-order valence-corrected chi connectivity index (χ4v) is 5.30. The molecule has 1 N–H and O–H groups in total. The van der Waals surface area contributed by atoms with Gasteiger partial charge in [-0.25, -0.2) is 9.78 Å². The predicted octanol–water partition coefficient (Wildman–Crippen LogP) is 5.23. The van der Waals surface area contributed by atoms with E-state index in [0.29, 0.717) is 24.2 Å². The predicted molar refractivity (Wildman–Crippen MR) is 144 cm³/mol. The molecule has 2 aliphatic heterocycles. The molecule has 36 heavy (non-hydrogen) atoms. The van der Waals surface area contributed by atoms with Gasteiger partial charge in [0.2, 0.25) is 5.95 Å². The van der Waals surface area contributed by atoms with Crippen LogP contribution < -0.4 is 19.9 Å². The largest absolute Gasteiger partial charge is 0.495 e. The lowest BCUT2D eigenvalue weighted by Crippen LogP contribution is -2.46. The number of fused-ring (bicyclic) bond motifs is 1. The van der Waals surface area contributed by atoms with Crippen molar-refractivity contribution >= 4 is 29.2 Å². The summed E-state index contributed by atoms with van der Waals surface area (Å²) in [5.74, 6) is 2.35. The van der Waals surface area contributed by atoms with Gasteiger partial charge >= 0.3 is 6.03 Å². The number of amides is 2. The van der Waals surface area contributed by atoms with Crippen LogP contribution in [-0.4, -0.2) is 55.2 Å². The Bertz CT molecular complexity index is 1260. The number of hydrogen-bond donors (Lipinski definition) is 1. The van der Waals surface area contributed by atoms with Gasteiger partial charge in [-0.15, -0.1) is 0 Å². The molecule has 2 amide bonds. The number of nitrogens with zero attached hydrogens (tertiary/aromatic N) is 5. The van der Waals surface area contributed by atoms with Crippen molar-refractivity contribution in [3.8, 4) is 5.75 Å². The molecular weight excluding hydrogens is 452 g/mol. The zero-order chi connectivity index (χ0) is 25.4. The summed E-state index contributed by atoms with van der Waals surface area (Å²) in [4.78, 5) is 28.4. The Labute approximate surface area is 212 Å². The number of piperidine rings is 1. The Morgan fingerprint density at radius 1 is 1.06 bits per heavy atom. The van der Waals surface area contributed by atoms with E-state index >= 15 is 0 Å². The van der Waals surface area contributed by atoms with Crippen LogP contribution in [0.1, 0.15) is 41.0 Å². The van der Waals surface area contributed by atoms with E-state index in [1.54, 1.807) is 30.2 Å². The van der Waals surface area contributed by atoms with Gasteiger partial charge in [0, 0.05) is 18.8 Å². The number of likely N-dealkylation sites (tertiary alicyclic amines) is 1. The van der Waals surface area contributed by atoms with Gasteiger partial charge in [0.05, 0.1) is 25.0 Å². The minimum absolute atomic E-state index is 0.107. The molecule has 3 aromatic rings. The molecule has 0 bridgehead atoms. The van der Waals surface area contributed by atoms with Crippen molar-refractivity contribution in [2.75, 3.05) is 49.4 Å². The topological polar surface area (TPSA) is 73.8 Å². The summed E-state index contributed by atoms with van der Waals surface area (Å²) in [5, 5.41) is 3.30. The molecule has 2 aromatic carbocycles. The van der Waals surface area contributed by atoms with E-state index < -0.39 is 0 Å². The van der Waals surface area contributed by atoms with Crippen molar-refractivity contribution < 1.29 is 9.53 Å². The van der Waals surface area contributed by atoms with Crippen LogP contribution in [0.2, 0.25) is 0 Å². The highest BCUT2D eigenvalue weighted by molar-refractivity contribution is 6.05. The zero-order valence-corrected chi connectivity index (χ0v) is 21.7. The third-order valence-electron chi connectivity index (χ3n) is 7.38. The summed E-state index contributed by atoms with van der Waals surface area (Å²) in [6.45, 7) is 6.71. The first-order valence-electron chi connectivity index (χ1n) is 12.5. The number of methoxy groups -OCH3 is 1. The quantitative estimate of drug-likeness (QED) is 0.532. The van der Waals surface area contributed by atoms with Crippen molar-refractivity contribution in [3.63, 3.8) is 0 Å². The third kappa shape index (κ3) is 4.48. The van der Waals surface area contributed by atoms with Crippen LogP contribution in [0.15, 0.2) is 42.6 Å². The SMILES string of the molecule is COc1cc(C2CCN(C)CC2)ccc1Nc1ncc2c(n1)N(C)C(=O)N(c1c(C)cccc1C)C2. The molecule has 2 aliphatic rings. The maximum Gasteiger partial charge on any atom is 0.330 e. The van der Waals surface area contributed by atoms with Crippen LogP contribution in [0.5, 0.6) is 5.75 Å². The highest BCUT2D eigenvalue weighted by atomic mass is 16.5. The second-order valence-electron chi connectivity index (χ2n) is 9.87. The first-order valence-corrected chi connectivity index (χ1v) is 12.5. The number of para-hydroxylation sites is 1. The van der Waals surface area contributed by atoms with Gasteiger partial charge in [0.15, 0.2) is 0 Å². The molecule has 1 aromatic heterocycles. The Morgan fingerprint density at radius 2 is 1.78 bits per heavy atom. The summed E-state index contributed by atoms with van der Waals surface area (Å²) in [6, 6.07) is 12.3. The number of nitrogens with one attached hydrogen (secondary N) is 1. The number of carbonyl (C=O) groups is 1. The van der Waals surface area contributed by atoms with Gasteiger partial charge in [0.1, 0.15) is 11.6 Å². The monoisotopic (exact) mass is 486 g/mol. The summed E-state index contributed by atoms with van der Waals surface area (Å²) >= 11 is 0. The number of aryl methyl sites for hydroxylation is 2. The first kappa shape index (κ1) is 24.1. The van der Waals surface area contributed by atoms with Crippen LogP contribution in [-0.2, 0) is 6.54 Å². The summed E-state index contributed by atoms with van der Waals surface area (Å²) < 4.78 is 5.71. The molecule has 0 aliphatic carbocycles. The number of rotatable bonds is 5. The Balaban J connectivity index is 1.38. The average Bonchev–Trinajstić information content (AvgIpc) is 2.88. The molecule has 0 unspecified atom stereocenters. The molecule has 0 spiro atoms. The molecule has 8 heteroatoms. The Morgan fingerprint density at radius 3 is 2.47 bits per heavy atom.